The molecule has 0 atom stereocenters. The fraction of sp³-hybridized carbons (Fsp3) is 0.462. The Hall–Kier alpha value is -1.58. The lowest BCUT2D eigenvalue weighted by molar-refractivity contribution is 0.0742. The molecule has 0 fully saturated rings. The van der Waals surface area contributed by atoms with Crippen molar-refractivity contribution in [1.82, 2.24) is 4.90 Å². The van der Waals surface area contributed by atoms with Gasteiger partial charge in [-0.1, -0.05) is 13.8 Å². The fourth-order valence-electron chi connectivity index (χ4n) is 1.65. The Balaban J connectivity index is 2.93. The van der Waals surface area contributed by atoms with Gasteiger partial charge in [-0.15, -0.1) is 0 Å². The number of halogens is 1. The van der Waals surface area contributed by atoms with E-state index in [0.29, 0.717) is 19.0 Å². The van der Waals surface area contributed by atoms with Crippen LogP contribution >= 0.6 is 0 Å². The highest BCUT2D eigenvalue weighted by molar-refractivity contribution is 5.96. The molecule has 0 unspecified atom stereocenters. The third-order valence-corrected chi connectivity index (χ3v) is 2.44. The topological polar surface area (TPSA) is 40.5 Å². The van der Waals surface area contributed by atoms with E-state index in [1.165, 1.54) is 12.1 Å². The number of rotatable bonds is 4. The van der Waals surface area contributed by atoms with E-state index in [1.54, 1.807) is 4.90 Å². The Kier molecular flexibility index (Phi) is 4.49. The van der Waals surface area contributed by atoms with Crippen molar-refractivity contribution >= 4 is 5.91 Å². The first-order chi connectivity index (χ1) is 7.95. The first-order valence-corrected chi connectivity index (χ1v) is 5.73. The summed E-state index contributed by atoms with van der Waals surface area (Å²) >= 11 is 0. The van der Waals surface area contributed by atoms with Crippen LogP contribution in [0.15, 0.2) is 18.2 Å². The highest BCUT2D eigenvalue weighted by atomic mass is 19.1. The van der Waals surface area contributed by atoms with E-state index in [9.17, 15) is 14.3 Å². The maximum absolute atomic E-state index is 12.8. The van der Waals surface area contributed by atoms with E-state index in [-0.39, 0.29) is 17.2 Å². The summed E-state index contributed by atoms with van der Waals surface area (Å²) in [7, 11) is 0. The lowest BCUT2D eigenvalue weighted by Crippen LogP contribution is -2.34. The third kappa shape index (κ3) is 3.44. The van der Waals surface area contributed by atoms with Gasteiger partial charge in [0.05, 0.1) is 5.56 Å². The standard InChI is InChI=1S/C13H18FNO2/c1-4-15(8-9(2)3)13(17)11-6-5-10(14)7-12(11)16/h5-7,9,16H,4,8H2,1-3H3. The van der Waals surface area contributed by atoms with Crippen LogP contribution in [0.5, 0.6) is 5.75 Å². The van der Waals surface area contributed by atoms with Gasteiger partial charge in [0.2, 0.25) is 0 Å². The van der Waals surface area contributed by atoms with Crippen LogP contribution in [0.4, 0.5) is 4.39 Å². The number of amides is 1. The third-order valence-electron chi connectivity index (χ3n) is 2.44. The summed E-state index contributed by atoms with van der Waals surface area (Å²) in [5, 5.41) is 9.55. The van der Waals surface area contributed by atoms with Crippen LogP contribution in [0.1, 0.15) is 31.1 Å². The molecule has 0 saturated carbocycles. The van der Waals surface area contributed by atoms with Gasteiger partial charge in [0.15, 0.2) is 0 Å². The van der Waals surface area contributed by atoms with Crippen LogP contribution < -0.4 is 0 Å². The largest absolute Gasteiger partial charge is 0.507 e. The van der Waals surface area contributed by atoms with Crippen LogP contribution in [0.2, 0.25) is 0 Å². The molecule has 1 rings (SSSR count). The quantitative estimate of drug-likeness (QED) is 0.877. The Bertz CT molecular complexity index is 404. The van der Waals surface area contributed by atoms with E-state index in [4.69, 9.17) is 0 Å². The van der Waals surface area contributed by atoms with Gasteiger partial charge < -0.3 is 10.0 Å². The van der Waals surface area contributed by atoms with Gasteiger partial charge in [-0.3, -0.25) is 4.79 Å². The second-order valence-electron chi connectivity index (χ2n) is 4.40. The number of aromatic hydroxyl groups is 1. The summed E-state index contributed by atoms with van der Waals surface area (Å²) in [6.07, 6.45) is 0. The number of carbonyl (C=O) groups is 1. The van der Waals surface area contributed by atoms with E-state index in [0.717, 1.165) is 6.07 Å². The van der Waals surface area contributed by atoms with Crippen molar-refractivity contribution < 1.29 is 14.3 Å². The van der Waals surface area contributed by atoms with Gasteiger partial charge in [-0.05, 0) is 25.0 Å². The molecule has 0 aliphatic rings. The maximum atomic E-state index is 12.8. The summed E-state index contributed by atoms with van der Waals surface area (Å²) in [6.45, 7) is 7.09. The van der Waals surface area contributed by atoms with Gasteiger partial charge in [-0.25, -0.2) is 4.39 Å². The number of hydrogen-bond acceptors (Lipinski definition) is 2. The number of phenols is 1. The van der Waals surface area contributed by atoms with Gasteiger partial charge in [0.25, 0.3) is 5.91 Å². The molecule has 0 radical (unpaired) electrons. The van der Waals surface area contributed by atoms with Gasteiger partial charge in [0, 0.05) is 19.2 Å². The normalized spacial score (nSPS) is 10.6. The van der Waals surface area contributed by atoms with Crippen molar-refractivity contribution in [2.24, 2.45) is 5.92 Å². The summed E-state index contributed by atoms with van der Waals surface area (Å²) in [5.41, 5.74) is 0.147. The minimum Gasteiger partial charge on any atom is -0.507 e. The molecule has 0 spiro atoms. The fourth-order valence-corrected chi connectivity index (χ4v) is 1.65. The Morgan fingerprint density at radius 3 is 2.59 bits per heavy atom. The van der Waals surface area contributed by atoms with Crippen molar-refractivity contribution in [1.29, 1.82) is 0 Å². The molecule has 1 N–H and O–H groups in total. The highest BCUT2D eigenvalue weighted by Gasteiger charge is 2.18. The number of phenolic OH excluding ortho intramolecular Hbond substituents is 1. The molecule has 1 aromatic carbocycles. The monoisotopic (exact) mass is 239 g/mol. The molecule has 0 aliphatic heterocycles. The second-order valence-corrected chi connectivity index (χ2v) is 4.40. The number of carbonyl (C=O) groups excluding carboxylic acids is 1. The van der Waals surface area contributed by atoms with Crippen molar-refractivity contribution in [3.05, 3.63) is 29.6 Å². The zero-order chi connectivity index (χ0) is 13.0. The van der Waals surface area contributed by atoms with Crippen LogP contribution in [0.3, 0.4) is 0 Å². The molecule has 3 nitrogen and oxygen atoms in total. The molecule has 0 bridgehead atoms. The Morgan fingerprint density at radius 2 is 2.12 bits per heavy atom. The summed E-state index contributed by atoms with van der Waals surface area (Å²) in [4.78, 5) is 13.7. The van der Waals surface area contributed by atoms with Crippen molar-refractivity contribution in [2.45, 2.75) is 20.8 Å². The zero-order valence-corrected chi connectivity index (χ0v) is 10.4. The van der Waals surface area contributed by atoms with Crippen LogP contribution in [0, 0.1) is 11.7 Å². The predicted molar refractivity (Wildman–Crippen MR) is 64.5 cm³/mol. The SMILES string of the molecule is CCN(CC(C)C)C(=O)c1ccc(F)cc1O. The van der Waals surface area contributed by atoms with E-state index < -0.39 is 5.82 Å². The van der Waals surface area contributed by atoms with Crippen LogP contribution in [0.25, 0.3) is 0 Å². The van der Waals surface area contributed by atoms with Gasteiger partial charge in [0.1, 0.15) is 11.6 Å². The number of hydrogen-bond donors (Lipinski definition) is 1. The average molecular weight is 239 g/mol. The molecular weight excluding hydrogens is 221 g/mol. The molecular formula is C13H18FNO2. The van der Waals surface area contributed by atoms with Crippen LogP contribution in [-0.4, -0.2) is 29.0 Å². The first kappa shape index (κ1) is 13.5. The predicted octanol–water partition coefficient (Wildman–Crippen LogP) is 2.65. The number of benzene rings is 1. The van der Waals surface area contributed by atoms with E-state index in [2.05, 4.69) is 0 Å². The lowest BCUT2D eigenvalue weighted by Gasteiger charge is -2.23. The Morgan fingerprint density at radius 1 is 1.47 bits per heavy atom. The van der Waals surface area contributed by atoms with E-state index in [1.807, 2.05) is 20.8 Å². The summed E-state index contributed by atoms with van der Waals surface area (Å²) in [5.74, 6) is -0.775. The molecule has 4 heteroatoms. The summed E-state index contributed by atoms with van der Waals surface area (Å²) < 4.78 is 12.8. The molecule has 94 valence electrons. The maximum Gasteiger partial charge on any atom is 0.257 e. The van der Waals surface area contributed by atoms with Gasteiger partial charge in [-0.2, -0.15) is 0 Å². The lowest BCUT2D eigenvalue weighted by atomic mass is 10.1. The molecule has 0 aromatic heterocycles. The molecule has 0 saturated heterocycles. The van der Waals surface area contributed by atoms with Gasteiger partial charge >= 0.3 is 0 Å². The molecule has 17 heavy (non-hydrogen) atoms. The number of nitrogens with zero attached hydrogens (tertiary/aromatic N) is 1. The smallest absolute Gasteiger partial charge is 0.257 e. The minimum atomic E-state index is -0.550. The molecule has 1 aromatic rings. The molecule has 1 amide bonds. The molecule has 0 heterocycles. The first-order valence-electron chi connectivity index (χ1n) is 5.73. The molecule has 0 aliphatic carbocycles. The highest BCUT2D eigenvalue weighted by Crippen LogP contribution is 2.20. The average Bonchev–Trinajstić information content (AvgIpc) is 2.24. The van der Waals surface area contributed by atoms with Crippen molar-refractivity contribution in [2.75, 3.05) is 13.1 Å². The summed E-state index contributed by atoms with van der Waals surface area (Å²) in [6, 6.07) is 3.45. The van der Waals surface area contributed by atoms with Crippen molar-refractivity contribution in [3.8, 4) is 5.75 Å². The van der Waals surface area contributed by atoms with Crippen molar-refractivity contribution in [3.63, 3.8) is 0 Å². The Labute approximate surface area is 101 Å². The van der Waals surface area contributed by atoms with E-state index >= 15 is 0 Å². The second kappa shape index (κ2) is 5.66. The minimum absolute atomic E-state index is 0.147. The van der Waals surface area contributed by atoms with Crippen LogP contribution in [-0.2, 0) is 0 Å². The zero-order valence-electron chi connectivity index (χ0n) is 10.4.